The van der Waals surface area contributed by atoms with Crippen molar-refractivity contribution in [1.82, 2.24) is 25.0 Å². The molecule has 0 aliphatic carbocycles. The number of aryl methyl sites for hydroxylation is 2. The molecule has 1 aliphatic rings. The number of rotatable bonds is 6. The Bertz CT molecular complexity index is 903. The Balaban J connectivity index is 1.68. The maximum Gasteiger partial charge on any atom is 0.232 e. The zero-order valence-electron chi connectivity index (χ0n) is 15.5. The van der Waals surface area contributed by atoms with Crippen molar-refractivity contribution >= 4 is 17.7 Å². The van der Waals surface area contributed by atoms with Crippen molar-refractivity contribution in [2.24, 2.45) is 0 Å². The van der Waals surface area contributed by atoms with Crippen molar-refractivity contribution in [2.45, 2.75) is 31.2 Å². The molecule has 2 aromatic heterocycles. The predicted octanol–water partition coefficient (Wildman–Crippen LogP) is 2.65. The topological polar surface area (TPSA) is 82.1 Å². The molecule has 0 amide bonds. The van der Waals surface area contributed by atoms with Crippen LogP contribution in [0.2, 0.25) is 0 Å². The van der Waals surface area contributed by atoms with Gasteiger partial charge in [-0.1, -0.05) is 30.8 Å². The molecule has 0 atom stereocenters. The van der Waals surface area contributed by atoms with Crippen molar-refractivity contribution in [1.29, 1.82) is 0 Å². The van der Waals surface area contributed by atoms with Gasteiger partial charge in [0.1, 0.15) is 0 Å². The SMILES string of the molecule is CCc1cccc(-n2c(SCc3nnc(C)o3)nnc2N2CCOCC2)c1. The largest absolute Gasteiger partial charge is 0.425 e. The first-order chi connectivity index (χ1) is 13.2. The minimum Gasteiger partial charge on any atom is -0.425 e. The number of ether oxygens (including phenoxy) is 1. The van der Waals surface area contributed by atoms with Gasteiger partial charge in [-0.15, -0.1) is 20.4 Å². The number of benzene rings is 1. The molecule has 1 aliphatic heterocycles. The normalized spacial score (nSPS) is 14.7. The van der Waals surface area contributed by atoms with Crippen molar-refractivity contribution in [2.75, 3.05) is 31.2 Å². The molecule has 0 N–H and O–H groups in total. The summed E-state index contributed by atoms with van der Waals surface area (Å²) < 4.78 is 13.1. The maximum atomic E-state index is 5.49. The highest BCUT2D eigenvalue weighted by Crippen LogP contribution is 2.29. The van der Waals surface area contributed by atoms with Crippen molar-refractivity contribution < 1.29 is 9.15 Å². The monoisotopic (exact) mass is 386 g/mol. The molecule has 0 radical (unpaired) electrons. The van der Waals surface area contributed by atoms with Crippen LogP contribution in [0.4, 0.5) is 5.95 Å². The van der Waals surface area contributed by atoms with Crippen LogP contribution in [0.3, 0.4) is 0 Å². The summed E-state index contributed by atoms with van der Waals surface area (Å²) in [7, 11) is 0. The fourth-order valence-corrected chi connectivity index (χ4v) is 3.77. The van der Waals surface area contributed by atoms with Crippen LogP contribution in [-0.4, -0.2) is 51.3 Å². The third-order valence-electron chi connectivity index (χ3n) is 4.38. The third kappa shape index (κ3) is 3.98. The Labute approximate surface area is 161 Å². The quantitative estimate of drug-likeness (QED) is 0.598. The van der Waals surface area contributed by atoms with Gasteiger partial charge in [-0.2, -0.15) is 0 Å². The van der Waals surface area contributed by atoms with Crippen LogP contribution in [0.5, 0.6) is 0 Å². The molecule has 0 saturated carbocycles. The molecule has 27 heavy (non-hydrogen) atoms. The van der Waals surface area contributed by atoms with Gasteiger partial charge in [0.25, 0.3) is 0 Å². The smallest absolute Gasteiger partial charge is 0.232 e. The molecule has 1 aromatic carbocycles. The van der Waals surface area contributed by atoms with E-state index in [4.69, 9.17) is 9.15 Å². The van der Waals surface area contributed by atoms with Crippen LogP contribution < -0.4 is 4.90 Å². The molecular weight excluding hydrogens is 364 g/mol. The molecule has 3 heterocycles. The molecule has 1 fully saturated rings. The van der Waals surface area contributed by atoms with E-state index in [1.165, 1.54) is 5.56 Å². The first kappa shape index (κ1) is 18.0. The molecule has 3 aromatic rings. The molecular formula is C18H22N6O2S. The molecule has 0 unspecified atom stereocenters. The molecule has 9 heteroatoms. The maximum absolute atomic E-state index is 5.49. The van der Waals surface area contributed by atoms with Crippen molar-refractivity contribution in [3.8, 4) is 5.69 Å². The van der Waals surface area contributed by atoms with Crippen LogP contribution in [-0.2, 0) is 16.9 Å². The summed E-state index contributed by atoms with van der Waals surface area (Å²) in [6.07, 6.45) is 0.979. The number of nitrogens with zero attached hydrogens (tertiary/aromatic N) is 6. The molecule has 8 nitrogen and oxygen atoms in total. The van der Waals surface area contributed by atoms with E-state index in [0.717, 1.165) is 36.3 Å². The number of morpholine rings is 1. The molecule has 0 bridgehead atoms. The van der Waals surface area contributed by atoms with Gasteiger partial charge >= 0.3 is 0 Å². The minimum absolute atomic E-state index is 0.551. The summed E-state index contributed by atoms with van der Waals surface area (Å²) in [4.78, 5) is 2.22. The average molecular weight is 386 g/mol. The Morgan fingerprint density at radius 3 is 2.70 bits per heavy atom. The number of aromatic nitrogens is 5. The number of thioether (sulfide) groups is 1. The van der Waals surface area contributed by atoms with E-state index in [-0.39, 0.29) is 0 Å². The van der Waals surface area contributed by atoms with Crippen LogP contribution in [0, 0.1) is 6.92 Å². The number of hydrogen-bond donors (Lipinski definition) is 0. The van der Waals surface area contributed by atoms with E-state index in [9.17, 15) is 0 Å². The van der Waals surface area contributed by atoms with Crippen molar-refractivity contribution in [3.05, 3.63) is 41.6 Å². The van der Waals surface area contributed by atoms with Crippen LogP contribution in [0.1, 0.15) is 24.3 Å². The fourth-order valence-electron chi connectivity index (χ4n) is 2.99. The summed E-state index contributed by atoms with van der Waals surface area (Å²) >= 11 is 1.54. The van der Waals surface area contributed by atoms with Gasteiger partial charge in [0, 0.05) is 20.0 Å². The fraction of sp³-hybridized carbons (Fsp3) is 0.444. The van der Waals surface area contributed by atoms with Gasteiger partial charge in [0.05, 0.1) is 24.7 Å². The zero-order valence-corrected chi connectivity index (χ0v) is 16.3. The van der Waals surface area contributed by atoms with E-state index in [0.29, 0.717) is 30.7 Å². The summed E-state index contributed by atoms with van der Waals surface area (Å²) in [5.41, 5.74) is 2.34. The second-order valence-corrected chi connectivity index (χ2v) is 7.19. The molecule has 1 saturated heterocycles. The number of hydrogen-bond acceptors (Lipinski definition) is 8. The van der Waals surface area contributed by atoms with Gasteiger partial charge in [-0.25, -0.2) is 0 Å². The van der Waals surface area contributed by atoms with Crippen LogP contribution in [0.25, 0.3) is 5.69 Å². The van der Waals surface area contributed by atoms with Crippen LogP contribution in [0.15, 0.2) is 33.8 Å². The lowest BCUT2D eigenvalue weighted by Crippen LogP contribution is -2.37. The Morgan fingerprint density at radius 1 is 1.11 bits per heavy atom. The van der Waals surface area contributed by atoms with E-state index in [2.05, 4.69) is 61.1 Å². The molecule has 4 rings (SSSR count). The Hall–Kier alpha value is -2.39. The average Bonchev–Trinajstić information content (AvgIpc) is 3.33. The lowest BCUT2D eigenvalue weighted by atomic mass is 10.1. The lowest BCUT2D eigenvalue weighted by Gasteiger charge is -2.28. The second kappa shape index (κ2) is 8.10. The summed E-state index contributed by atoms with van der Waals surface area (Å²) in [5.74, 6) is 2.55. The van der Waals surface area contributed by atoms with Gasteiger partial charge in [0.2, 0.25) is 17.7 Å². The van der Waals surface area contributed by atoms with Gasteiger partial charge in [-0.05, 0) is 24.1 Å². The third-order valence-corrected chi connectivity index (χ3v) is 5.29. The second-order valence-electron chi connectivity index (χ2n) is 6.24. The summed E-state index contributed by atoms with van der Waals surface area (Å²) in [5, 5.41) is 17.7. The standard InChI is InChI=1S/C18H22N6O2S/c1-3-14-5-4-6-15(11-14)24-17(23-7-9-25-10-8-23)21-22-18(24)27-12-16-20-19-13(2)26-16/h4-6,11H,3,7-10,12H2,1-2H3. The predicted molar refractivity (Wildman–Crippen MR) is 102 cm³/mol. The van der Waals surface area contributed by atoms with E-state index in [1.54, 1.807) is 18.7 Å². The zero-order chi connectivity index (χ0) is 18.6. The van der Waals surface area contributed by atoms with Gasteiger partial charge in [0.15, 0.2) is 5.16 Å². The Kier molecular flexibility index (Phi) is 5.40. The van der Waals surface area contributed by atoms with E-state index >= 15 is 0 Å². The molecule has 142 valence electrons. The molecule has 0 spiro atoms. The van der Waals surface area contributed by atoms with Gasteiger partial charge < -0.3 is 14.1 Å². The number of anilines is 1. The highest BCUT2D eigenvalue weighted by molar-refractivity contribution is 7.98. The first-order valence-electron chi connectivity index (χ1n) is 9.04. The highest BCUT2D eigenvalue weighted by Gasteiger charge is 2.22. The highest BCUT2D eigenvalue weighted by atomic mass is 32.2. The minimum atomic E-state index is 0.551. The summed E-state index contributed by atoms with van der Waals surface area (Å²) in [6.45, 7) is 6.95. The van der Waals surface area contributed by atoms with E-state index in [1.807, 2.05) is 0 Å². The van der Waals surface area contributed by atoms with Gasteiger partial charge in [-0.3, -0.25) is 4.57 Å². The summed E-state index contributed by atoms with van der Waals surface area (Å²) in [6, 6.07) is 8.49. The first-order valence-corrected chi connectivity index (χ1v) is 10.0. The Morgan fingerprint density at radius 2 is 1.96 bits per heavy atom. The van der Waals surface area contributed by atoms with Crippen molar-refractivity contribution in [3.63, 3.8) is 0 Å². The van der Waals surface area contributed by atoms with Crippen LogP contribution >= 0.6 is 11.8 Å². The lowest BCUT2D eigenvalue weighted by molar-refractivity contribution is 0.122. The van der Waals surface area contributed by atoms with E-state index < -0.39 is 0 Å².